The van der Waals surface area contributed by atoms with Crippen LogP contribution in [0.4, 0.5) is 13.2 Å². The molecule has 5 nitrogen and oxygen atoms in total. The van der Waals surface area contributed by atoms with Crippen molar-refractivity contribution in [3.8, 4) is 0 Å². The second kappa shape index (κ2) is 3.21. The van der Waals surface area contributed by atoms with E-state index in [2.05, 4.69) is 15.4 Å². The van der Waals surface area contributed by atoms with E-state index in [1.165, 1.54) is 0 Å². The Labute approximate surface area is 82.2 Å². The fraction of sp³-hybridized carbons (Fsp3) is 0.571. The van der Waals surface area contributed by atoms with E-state index >= 15 is 0 Å². The van der Waals surface area contributed by atoms with Gasteiger partial charge in [0.2, 0.25) is 5.82 Å². The molecular formula is C7H7F3N4O. The molecule has 2 rings (SSSR count). The minimum Gasteiger partial charge on any atom is -0.411 e. The molecule has 82 valence electrons. The van der Waals surface area contributed by atoms with Crippen LogP contribution >= 0.6 is 0 Å². The van der Waals surface area contributed by atoms with Crippen molar-refractivity contribution in [2.75, 3.05) is 0 Å². The summed E-state index contributed by atoms with van der Waals surface area (Å²) < 4.78 is 38.2. The highest BCUT2D eigenvalue weighted by Gasteiger charge is 2.39. The SMILES string of the molecule is O/N=C1/CCCn2c1nnc2C(F)(F)F. The third-order valence-electron chi connectivity index (χ3n) is 2.18. The molecule has 0 amide bonds. The number of aromatic nitrogens is 3. The van der Waals surface area contributed by atoms with E-state index in [4.69, 9.17) is 5.21 Å². The monoisotopic (exact) mass is 220 g/mol. The number of alkyl halides is 3. The molecule has 1 aliphatic rings. The Kier molecular flexibility index (Phi) is 2.13. The molecular weight excluding hydrogens is 213 g/mol. The Balaban J connectivity index is 2.52. The van der Waals surface area contributed by atoms with Crippen LogP contribution in [0.5, 0.6) is 0 Å². The summed E-state index contributed by atoms with van der Waals surface area (Å²) >= 11 is 0. The van der Waals surface area contributed by atoms with Crippen LogP contribution < -0.4 is 0 Å². The van der Waals surface area contributed by atoms with Crippen molar-refractivity contribution in [2.45, 2.75) is 25.6 Å². The fourth-order valence-electron chi connectivity index (χ4n) is 1.55. The molecule has 0 aliphatic carbocycles. The predicted octanol–water partition coefficient (Wildman–Crippen LogP) is 1.27. The Hall–Kier alpha value is -1.60. The Morgan fingerprint density at radius 2 is 2.07 bits per heavy atom. The maximum atomic E-state index is 12.4. The number of oxime groups is 1. The quantitative estimate of drug-likeness (QED) is 0.529. The van der Waals surface area contributed by atoms with Crippen molar-refractivity contribution in [1.29, 1.82) is 0 Å². The molecule has 0 bridgehead atoms. The lowest BCUT2D eigenvalue weighted by Gasteiger charge is -2.16. The molecule has 2 heterocycles. The lowest BCUT2D eigenvalue weighted by Crippen LogP contribution is -2.23. The largest absolute Gasteiger partial charge is 0.451 e. The van der Waals surface area contributed by atoms with Gasteiger partial charge in [-0.3, -0.25) is 0 Å². The van der Waals surface area contributed by atoms with Crippen molar-refractivity contribution >= 4 is 5.71 Å². The lowest BCUT2D eigenvalue weighted by atomic mass is 10.1. The van der Waals surface area contributed by atoms with Gasteiger partial charge in [-0.15, -0.1) is 10.2 Å². The highest BCUT2D eigenvalue weighted by Crippen LogP contribution is 2.29. The van der Waals surface area contributed by atoms with Crippen molar-refractivity contribution < 1.29 is 18.4 Å². The highest BCUT2D eigenvalue weighted by molar-refractivity contribution is 5.97. The van der Waals surface area contributed by atoms with E-state index in [0.29, 0.717) is 12.8 Å². The van der Waals surface area contributed by atoms with Gasteiger partial charge >= 0.3 is 6.18 Å². The van der Waals surface area contributed by atoms with Crippen molar-refractivity contribution in [3.63, 3.8) is 0 Å². The van der Waals surface area contributed by atoms with Gasteiger partial charge in [-0.25, -0.2) is 0 Å². The van der Waals surface area contributed by atoms with Gasteiger partial charge < -0.3 is 9.77 Å². The normalized spacial score (nSPS) is 19.3. The standard InChI is InChI=1S/C7H7F3N4O/c8-7(9,10)6-12-11-5-4(13-15)2-1-3-14(5)6/h15H,1-3H2/b13-4-. The third kappa shape index (κ3) is 1.55. The average Bonchev–Trinajstić information content (AvgIpc) is 2.59. The zero-order valence-corrected chi connectivity index (χ0v) is 7.49. The molecule has 0 saturated heterocycles. The van der Waals surface area contributed by atoms with Gasteiger partial charge in [-0.2, -0.15) is 13.2 Å². The third-order valence-corrected chi connectivity index (χ3v) is 2.18. The molecule has 0 radical (unpaired) electrons. The van der Waals surface area contributed by atoms with Crippen LogP contribution in [-0.4, -0.2) is 25.7 Å². The van der Waals surface area contributed by atoms with E-state index in [1.807, 2.05) is 0 Å². The molecule has 0 saturated carbocycles. The Morgan fingerprint density at radius 1 is 1.33 bits per heavy atom. The summed E-state index contributed by atoms with van der Waals surface area (Å²) in [5.74, 6) is -1.05. The molecule has 0 spiro atoms. The van der Waals surface area contributed by atoms with Crippen LogP contribution in [0, 0.1) is 0 Å². The molecule has 1 aromatic heterocycles. The van der Waals surface area contributed by atoms with Crippen LogP contribution in [0.25, 0.3) is 0 Å². The zero-order valence-electron chi connectivity index (χ0n) is 7.49. The van der Waals surface area contributed by atoms with Crippen molar-refractivity contribution in [3.05, 3.63) is 11.6 Å². The van der Waals surface area contributed by atoms with Crippen LogP contribution in [0.15, 0.2) is 5.16 Å². The molecule has 1 N–H and O–H groups in total. The zero-order chi connectivity index (χ0) is 11.1. The van der Waals surface area contributed by atoms with E-state index in [-0.39, 0.29) is 18.1 Å². The number of rotatable bonds is 0. The molecule has 1 aliphatic heterocycles. The average molecular weight is 220 g/mol. The van der Waals surface area contributed by atoms with Crippen molar-refractivity contribution in [1.82, 2.24) is 14.8 Å². The van der Waals surface area contributed by atoms with Gasteiger partial charge in [-0.05, 0) is 12.8 Å². The number of halogens is 3. The first-order chi connectivity index (χ1) is 7.04. The first-order valence-corrected chi connectivity index (χ1v) is 4.25. The number of fused-ring (bicyclic) bond motifs is 1. The maximum absolute atomic E-state index is 12.4. The Morgan fingerprint density at radius 3 is 2.67 bits per heavy atom. The lowest BCUT2D eigenvalue weighted by molar-refractivity contribution is -0.147. The maximum Gasteiger partial charge on any atom is 0.451 e. The molecule has 0 aromatic carbocycles. The van der Waals surface area contributed by atoms with Gasteiger partial charge in [0.1, 0.15) is 5.71 Å². The van der Waals surface area contributed by atoms with Crippen molar-refractivity contribution in [2.24, 2.45) is 5.16 Å². The summed E-state index contributed by atoms with van der Waals surface area (Å²) in [7, 11) is 0. The molecule has 0 unspecified atom stereocenters. The van der Waals surface area contributed by atoms with E-state index in [1.54, 1.807) is 0 Å². The van der Waals surface area contributed by atoms with Crippen LogP contribution in [0.2, 0.25) is 0 Å². The van der Waals surface area contributed by atoms with E-state index in [0.717, 1.165) is 4.57 Å². The molecule has 1 aromatic rings. The van der Waals surface area contributed by atoms with Gasteiger partial charge in [0.05, 0.1) is 0 Å². The van der Waals surface area contributed by atoms with Gasteiger partial charge in [-0.1, -0.05) is 5.16 Å². The minimum absolute atomic E-state index is 0.00363. The van der Waals surface area contributed by atoms with Crippen LogP contribution in [0.3, 0.4) is 0 Å². The van der Waals surface area contributed by atoms with Gasteiger partial charge in [0.15, 0.2) is 5.82 Å². The number of hydrogen-bond acceptors (Lipinski definition) is 4. The second-order valence-corrected chi connectivity index (χ2v) is 3.15. The molecule has 8 heteroatoms. The topological polar surface area (TPSA) is 63.3 Å². The minimum atomic E-state index is -4.52. The molecule has 15 heavy (non-hydrogen) atoms. The van der Waals surface area contributed by atoms with Gasteiger partial charge in [0, 0.05) is 6.54 Å². The van der Waals surface area contributed by atoms with E-state index in [9.17, 15) is 13.2 Å². The highest BCUT2D eigenvalue weighted by atomic mass is 19.4. The summed E-state index contributed by atoms with van der Waals surface area (Å²) in [5, 5.41) is 17.9. The van der Waals surface area contributed by atoms with Crippen LogP contribution in [-0.2, 0) is 12.7 Å². The summed E-state index contributed by atoms with van der Waals surface area (Å²) in [5.41, 5.74) is 0.143. The summed E-state index contributed by atoms with van der Waals surface area (Å²) in [6.45, 7) is 0.191. The second-order valence-electron chi connectivity index (χ2n) is 3.15. The number of nitrogens with zero attached hydrogens (tertiary/aromatic N) is 4. The first kappa shape index (κ1) is 9.94. The summed E-state index contributed by atoms with van der Waals surface area (Å²) in [6.07, 6.45) is -3.64. The summed E-state index contributed by atoms with van der Waals surface area (Å²) in [4.78, 5) is 0. The predicted molar refractivity (Wildman–Crippen MR) is 42.6 cm³/mol. The smallest absolute Gasteiger partial charge is 0.411 e. The van der Waals surface area contributed by atoms with Crippen LogP contribution in [0.1, 0.15) is 24.5 Å². The summed E-state index contributed by atoms with van der Waals surface area (Å²) in [6, 6.07) is 0. The van der Waals surface area contributed by atoms with Gasteiger partial charge in [0.25, 0.3) is 0 Å². The Bertz CT molecular complexity index is 409. The fourth-order valence-corrected chi connectivity index (χ4v) is 1.55. The molecule has 0 atom stereocenters. The number of hydrogen-bond donors (Lipinski definition) is 1. The van der Waals surface area contributed by atoms with E-state index < -0.39 is 12.0 Å². The first-order valence-electron chi connectivity index (χ1n) is 4.25. The molecule has 0 fully saturated rings.